The molecule has 2 heterocycles. The van der Waals surface area contributed by atoms with Gasteiger partial charge in [-0.15, -0.1) is 4.37 Å². The topological polar surface area (TPSA) is 63.4 Å². The molecule has 8 heteroatoms. The molecule has 0 saturated carbocycles. The first kappa shape index (κ1) is 17.1. The Morgan fingerprint density at radius 2 is 2.23 bits per heavy atom. The van der Waals surface area contributed by atoms with Crippen molar-refractivity contribution >= 4 is 29.3 Å². The smallest absolute Gasteiger partial charge is 0.270 e. The minimum absolute atomic E-state index is 0.560. The molecular weight excluding hydrogens is 320 g/mol. The second kappa shape index (κ2) is 8.40. The molecule has 0 bridgehead atoms. The summed E-state index contributed by atoms with van der Waals surface area (Å²) in [6, 6.07) is 2.12. The molecule has 0 amide bonds. The van der Waals surface area contributed by atoms with E-state index in [0.717, 1.165) is 53.7 Å². The van der Waals surface area contributed by atoms with Crippen molar-refractivity contribution in [2.45, 2.75) is 19.2 Å². The van der Waals surface area contributed by atoms with E-state index in [2.05, 4.69) is 32.0 Å². The summed E-state index contributed by atoms with van der Waals surface area (Å²) in [5, 5.41) is 3.23. The number of ether oxygens (including phenoxy) is 1. The maximum atomic E-state index is 5.89. The van der Waals surface area contributed by atoms with Crippen LogP contribution in [0.2, 0.25) is 0 Å². The fourth-order valence-electron chi connectivity index (χ4n) is 1.95. The first-order valence-electron chi connectivity index (χ1n) is 7.01. The standard InChI is InChI=1S/C14H22N4O2S2/c1-10-7-11(8-18(2)3)20-12(10)9-21-6-5-15-13-14(19-4)17-22-16-13/h7H,5-6,8-9H2,1-4H3,(H,15,16). The van der Waals surface area contributed by atoms with Crippen LogP contribution in [0.4, 0.5) is 5.82 Å². The van der Waals surface area contributed by atoms with Crippen LogP contribution in [0.5, 0.6) is 5.88 Å². The van der Waals surface area contributed by atoms with E-state index in [1.165, 1.54) is 5.56 Å². The Balaban J connectivity index is 1.71. The van der Waals surface area contributed by atoms with E-state index in [-0.39, 0.29) is 0 Å². The molecule has 0 spiro atoms. The van der Waals surface area contributed by atoms with Gasteiger partial charge in [0.05, 0.1) is 31.1 Å². The summed E-state index contributed by atoms with van der Waals surface area (Å²) < 4.78 is 19.2. The molecule has 6 nitrogen and oxygen atoms in total. The fraction of sp³-hybridized carbons (Fsp3) is 0.571. The molecule has 0 aliphatic carbocycles. The summed E-state index contributed by atoms with van der Waals surface area (Å²) in [5.74, 6) is 5.21. The number of anilines is 1. The zero-order valence-electron chi connectivity index (χ0n) is 13.4. The van der Waals surface area contributed by atoms with Gasteiger partial charge in [0.25, 0.3) is 5.88 Å². The molecule has 122 valence electrons. The molecule has 22 heavy (non-hydrogen) atoms. The average Bonchev–Trinajstić information content (AvgIpc) is 3.04. The number of nitrogens with zero attached hydrogens (tertiary/aromatic N) is 3. The van der Waals surface area contributed by atoms with Crippen molar-refractivity contribution in [3.63, 3.8) is 0 Å². The quantitative estimate of drug-likeness (QED) is 0.703. The molecule has 0 aliphatic rings. The van der Waals surface area contributed by atoms with Gasteiger partial charge in [0.15, 0.2) is 0 Å². The summed E-state index contributed by atoms with van der Waals surface area (Å²) in [7, 11) is 5.68. The maximum Gasteiger partial charge on any atom is 0.270 e. The highest BCUT2D eigenvalue weighted by atomic mass is 32.2. The van der Waals surface area contributed by atoms with Crippen molar-refractivity contribution in [1.29, 1.82) is 0 Å². The third-order valence-corrected chi connectivity index (χ3v) is 4.44. The van der Waals surface area contributed by atoms with Crippen molar-refractivity contribution in [3.05, 3.63) is 23.2 Å². The minimum atomic E-state index is 0.560. The monoisotopic (exact) mass is 342 g/mol. The summed E-state index contributed by atoms with van der Waals surface area (Å²) in [6.07, 6.45) is 0. The third-order valence-electron chi connectivity index (χ3n) is 2.97. The van der Waals surface area contributed by atoms with E-state index in [9.17, 15) is 0 Å². The summed E-state index contributed by atoms with van der Waals surface area (Å²) in [6.45, 7) is 3.75. The zero-order chi connectivity index (χ0) is 15.9. The molecule has 0 saturated heterocycles. The van der Waals surface area contributed by atoms with E-state index < -0.39 is 0 Å². The number of rotatable bonds is 9. The van der Waals surface area contributed by atoms with Crippen LogP contribution in [0.1, 0.15) is 17.1 Å². The van der Waals surface area contributed by atoms with E-state index in [0.29, 0.717) is 5.88 Å². The van der Waals surface area contributed by atoms with Gasteiger partial charge in [-0.05, 0) is 32.6 Å². The van der Waals surface area contributed by atoms with Gasteiger partial charge in [-0.3, -0.25) is 0 Å². The van der Waals surface area contributed by atoms with Crippen LogP contribution in [-0.4, -0.2) is 47.1 Å². The lowest BCUT2D eigenvalue weighted by Gasteiger charge is -2.06. The lowest BCUT2D eigenvalue weighted by Crippen LogP contribution is -2.09. The number of furan rings is 1. The summed E-state index contributed by atoms with van der Waals surface area (Å²) in [5.41, 5.74) is 1.22. The van der Waals surface area contributed by atoms with Gasteiger partial charge < -0.3 is 19.4 Å². The Morgan fingerprint density at radius 1 is 1.41 bits per heavy atom. The molecule has 0 unspecified atom stereocenters. The Morgan fingerprint density at radius 3 is 2.95 bits per heavy atom. The fourth-order valence-corrected chi connectivity index (χ4v) is 3.31. The predicted molar refractivity (Wildman–Crippen MR) is 91.9 cm³/mol. The first-order valence-corrected chi connectivity index (χ1v) is 8.89. The Hall–Kier alpha value is -1.25. The van der Waals surface area contributed by atoms with Gasteiger partial charge in [-0.25, -0.2) is 0 Å². The maximum absolute atomic E-state index is 5.89. The Bertz CT molecular complexity index is 583. The lowest BCUT2D eigenvalue weighted by molar-refractivity contribution is 0.344. The van der Waals surface area contributed by atoms with Crippen LogP contribution < -0.4 is 10.1 Å². The van der Waals surface area contributed by atoms with Gasteiger partial charge in [0.1, 0.15) is 11.5 Å². The number of aromatic nitrogens is 2. The zero-order valence-corrected chi connectivity index (χ0v) is 15.0. The number of aryl methyl sites for hydroxylation is 1. The molecular formula is C14H22N4O2S2. The molecule has 1 N–H and O–H groups in total. The number of thioether (sulfide) groups is 1. The highest BCUT2D eigenvalue weighted by molar-refractivity contribution is 7.98. The SMILES string of the molecule is COc1nsnc1NCCSCc1oc(CN(C)C)cc1C. The lowest BCUT2D eigenvalue weighted by atomic mass is 10.3. The molecule has 2 aromatic rings. The largest absolute Gasteiger partial charge is 0.478 e. The molecule has 0 aliphatic heterocycles. The van der Waals surface area contributed by atoms with Crippen molar-refractivity contribution in [1.82, 2.24) is 13.6 Å². The normalized spacial score (nSPS) is 11.1. The molecule has 0 radical (unpaired) electrons. The molecule has 0 atom stereocenters. The van der Waals surface area contributed by atoms with Crippen LogP contribution in [0.15, 0.2) is 10.5 Å². The van der Waals surface area contributed by atoms with Gasteiger partial charge in [-0.2, -0.15) is 16.1 Å². The van der Waals surface area contributed by atoms with Crippen molar-refractivity contribution < 1.29 is 9.15 Å². The summed E-state index contributed by atoms with van der Waals surface area (Å²) >= 11 is 2.98. The molecule has 0 aromatic carbocycles. The van der Waals surface area contributed by atoms with Crippen molar-refractivity contribution in [2.75, 3.05) is 38.8 Å². The Labute approximate surface area is 139 Å². The number of hydrogen-bond acceptors (Lipinski definition) is 8. The second-order valence-corrected chi connectivity index (χ2v) is 6.79. The van der Waals surface area contributed by atoms with Crippen LogP contribution in [-0.2, 0) is 12.3 Å². The highest BCUT2D eigenvalue weighted by Crippen LogP contribution is 2.22. The van der Waals surface area contributed by atoms with Crippen molar-refractivity contribution in [2.24, 2.45) is 0 Å². The summed E-state index contributed by atoms with van der Waals surface area (Å²) in [4.78, 5) is 2.11. The number of hydrogen-bond donors (Lipinski definition) is 1. The molecule has 2 aromatic heterocycles. The van der Waals surface area contributed by atoms with Gasteiger partial charge >= 0.3 is 0 Å². The van der Waals surface area contributed by atoms with Gasteiger partial charge in [-0.1, -0.05) is 0 Å². The molecule has 0 fully saturated rings. The first-order chi connectivity index (χ1) is 10.6. The van der Waals surface area contributed by atoms with E-state index in [1.807, 2.05) is 25.9 Å². The number of nitrogens with one attached hydrogen (secondary N) is 1. The van der Waals surface area contributed by atoms with Crippen LogP contribution in [0, 0.1) is 6.92 Å². The van der Waals surface area contributed by atoms with E-state index in [4.69, 9.17) is 9.15 Å². The predicted octanol–water partition coefficient (Wildman–Crippen LogP) is 2.86. The third kappa shape index (κ3) is 4.89. The van der Waals surface area contributed by atoms with E-state index in [1.54, 1.807) is 7.11 Å². The van der Waals surface area contributed by atoms with E-state index >= 15 is 0 Å². The van der Waals surface area contributed by atoms with Crippen LogP contribution >= 0.6 is 23.5 Å². The van der Waals surface area contributed by atoms with Crippen molar-refractivity contribution in [3.8, 4) is 5.88 Å². The van der Waals surface area contributed by atoms with Crippen LogP contribution in [0.3, 0.4) is 0 Å². The average molecular weight is 342 g/mol. The highest BCUT2D eigenvalue weighted by Gasteiger charge is 2.09. The van der Waals surface area contributed by atoms with Gasteiger partial charge in [0, 0.05) is 12.3 Å². The van der Waals surface area contributed by atoms with Crippen LogP contribution in [0.25, 0.3) is 0 Å². The second-order valence-electron chi connectivity index (χ2n) is 5.16. The Kier molecular flexibility index (Phi) is 6.53. The number of methoxy groups -OCH3 is 1. The minimum Gasteiger partial charge on any atom is -0.478 e. The van der Waals surface area contributed by atoms with Gasteiger partial charge in [0.2, 0.25) is 5.82 Å². The molecule has 2 rings (SSSR count).